The Morgan fingerprint density at radius 3 is 2.35 bits per heavy atom. The van der Waals surface area contributed by atoms with Crippen LogP contribution in [0.4, 0.5) is 0 Å². The largest absolute Gasteiger partial charge is 0.463 e. The molecule has 0 aromatic carbocycles. The number of carbonyl (C=O) groups excluding carboxylic acids is 2. The van der Waals surface area contributed by atoms with Crippen molar-refractivity contribution >= 4 is 11.8 Å². The number of amides is 2. The molecule has 1 aliphatic heterocycles. The molecule has 1 fully saturated rings. The molecule has 2 heterocycles. The summed E-state index contributed by atoms with van der Waals surface area (Å²) in [5, 5.41) is 3.31. The predicted octanol–water partition coefficient (Wildman–Crippen LogP) is 1.05. The molecule has 0 spiro atoms. The fraction of sp³-hybridized carbons (Fsp3) is 0.571. The summed E-state index contributed by atoms with van der Waals surface area (Å²) in [7, 11) is 0. The maximum atomic E-state index is 11.6. The summed E-state index contributed by atoms with van der Waals surface area (Å²) in [6.45, 7) is 6.88. The van der Waals surface area contributed by atoms with Gasteiger partial charge in [0.25, 0.3) is 11.8 Å². The van der Waals surface area contributed by atoms with E-state index in [-0.39, 0.29) is 37.1 Å². The van der Waals surface area contributed by atoms with Gasteiger partial charge in [-0.05, 0) is 32.9 Å². The van der Waals surface area contributed by atoms with Crippen molar-refractivity contribution in [2.75, 3.05) is 13.2 Å². The minimum Gasteiger partial charge on any atom is -0.463 e. The van der Waals surface area contributed by atoms with E-state index in [0.717, 1.165) is 5.76 Å². The lowest BCUT2D eigenvalue weighted by atomic mass is 10.1. The van der Waals surface area contributed by atoms with Crippen molar-refractivity contribution in [3.63, 3.8) is 0 Å². The minimum atomic E-state index is -0.327. The fourth-order valence-electron chi connectivity index (χ4n) is 1.81. The SMILES string of the molecule is CC(C)(C)NCc1ccc(CN2C(=O)COCC2=O)o1. The number of nitrogens with one attached hydrogen (secondary N) is 1. The van der Waals surface area contributed by atoms with E-state index in [1.165, 1.54) is 4.90 Å². The zero-order valence-corrected chi connectivity index (χ0v) is 12.1. The molecule has 1 aliphatic rings. The van der Waals surface area contributed by atoms with Crippen LogP contribution < -0.4 is 5.32 Å². The first-order chi connectivity index (χ1) is 9.35. The Balaban J connectivity index is 1.95. The van der Waals surface area contributed by atoms with Gasteiger partial charge >= 0.3 is 0 Å². The molecule has 6 heteroatoms. The number of morpholine rings is 1. The van der Waals surface area contributed by atoms with Crippen molar-refractivity contribution in [2.45, 2.75) is 39.4 Å². The van der Waals surface area contributed by atoms with Gasteiger partial charge in [0.05, 0.1) is 13.1 Å². The van der Waals surface area contributed by atoms with E-state index in [1.807, 2.05) is 6.07 Å². The molecule has 0 bridgehead atoms. The van der Waals surface area contributed by atoms with Crippen LogP contribution in [0.2, 0.25) is 0 Å². The number of hydrogen-bond acceptors (Lipinski definition) is 5. The molecule has 6 nitrogen and oxygen atoms in total. The van der Waals surface area contributed by atoms with Gasteiger partial charge in [0, 0.05) is 5.54 Å². The highest BCUT2D eigenvalue weighted by molar-refractivity contribution is 5.98. The van der Waals surface area contributed by atoms with Crippen LogP contribution in [0.5, 0.6) is 0 Å². The highest BCUT2D eigenvalue weighted by atomic mass is 16.5. The Kier molecular flexibility index (Phi) is 4.25. The summed E-state index contributed by atoms with van der Waals surface area (Å²) in [4.78, 5) is 24.4. The number of furan rings is 1. The number of carbonyl (C=O) groups is 2. The van der Waals surface area contributed by atoms with Gasteiger partial charge in [-0.3, -0.25) is 14.5 Å². The summed E-state index contributed by atoms with van der Waals surface area (Å²) < 4.78 is 10.5. The molecule has 1 aromatic rings. The molecular formula is C14H20N2O4. The number of imide groups is 1. The van der Waals surface area contributed by atoms with Crippen LogP contribution in [0.3, 0.4) is 0 Å². The second kappa shape index (κ2) is 5.76. The molecule has 2 amide bonds. The quantitative estimate of drug-likeness (QED) is 0.835. The van der Waals surface area contributed by atoms with E-state index >= 15 is 0 Å². The highest BCUT2D eigenvalue weighted by Gasteiger charge is 2.27. The Morgan fingerprint density at radius 1 is 1.15 bits per heavy atom. The standard InChI is InChI=1S/C14H20N2O4/c1-14(2,3)15-6-10-4-5-11(20-10)7-16-12(17)8-19-9-13(16)18/h4-5,15H,6-9H2,1-3H3. The molecule has 2 rings (SSSR count). The molecule has 20 heavy (non-hydrogen) atoms. The van der Waals surface area contributed by atoms with E-state index in [9.17, 15) is 9.59 Å². The topological polar surface area (TPSA) is 71.8 Å². The van der Waals surface area contributed by atoms with Gasteiger partial charge in [0.15, 0.2) is 0 Å². The second-order valence-corrected chi connectivity index (χ2v) is 5.84. The summed E-state index contributed by atoms with van der Waals surface area (Å²) in [6.07, 6.45) is 0. The van der Waals surface area contributed by atoms with E-state index in [4.69, 9.17) is 9.15 Å². The molecular weight excluding hydrogens is 260 g/mol. The van der Waals surface area contributed by atoms with Gasteiger partial charge in [-0.1, -0.05) is 0 Å². The lowest BCUT2D eigenvalue weighted by Crippen LogP contribution is -2.45. The zero-order valence-electron chi connectivity index (χ0n) is 12.1. The van der Waals surface area contributed by atoms with Gasteiger partial charge in [-0.25, -0.2) is 0 Å². The molecule has 1 N–H and O–H groups in total. The third kappa shape index (κ3) is 3.91. The normalized spacial score (nSPS) is 16.9. The first-order valence-electron chi connectivity index (χ1n) is 6.59. The summed E-state index contributed by atoms with van der Waals surface area (Å²) in [6, 6.07) is 3.64. The van der Waals surface area contributed by atoms with E-state index < -0.39 is 0 Å². The first kappa shape index (κ1) is 14.7. The Hall–Kier alpha value is -1.66. The molecule has 0 saturated carbocycles. The lowest BCUT2D eigenvalue weighted by molar-refractivity contribution is -0.159. The highest BCUT2D eigenvalue weighted by Crippen LogP contribution is 2.14. The van der Waals surface area contributed by atoms with Crippen molar-refractivity contribution in [1.29, 1.82) is 0 Å². The van der Waals surface area contributed by atoms with E-state index in [0.29, 0.717) is 12.3 Å². The number of hydrogen-bond donors (Lipinski definition) is 1. The smallest absolute Gasteiger partial charge is 0.255 e. The molecule has 1 aromatic heterocycles. The maximum absolute atomic E-state index is 11.6. The van der Waals surface area contributed by atoms with Crippen LogP contribution in [0, 0.1) is 0 Å². The van der Waals surface area contributed by atoms with Crippen molar-refractivity contribution < 1.29 is 18.7 Å². The third-order valence-corrected chi connectivity index (χ3v) is 2.88. The molecule has 110 valence electrons. The average Bonchev–Trinajstić information content (AvgIpc) is 2.79. The zero-order chi connectivity index (χ0) is 14.8. The number of ether oxygens (including phenoxy) is 1. The first-order valence-corrected chi connectivity index (χ1v) is 6.59. The van der Waals surface area contributed by atoms with Gasteiger partial charge in [-0.15, -0.1) is 0 Å². The Bertz CT molecular complexity index is 486. The molecule has 0 unspecified atom stereocenters. The molecule has 1 saturated heterocycles. The van der Waals surface area contributed by atoms with Gasteiger partial charge in [0.1, 0.15) is 24.7 Å². The van der Waals surface area contributed by atoms with E-state index in [1.54, 1.807) is 6.07 Å². The molecule has 0 aliphatic carbocycles. The average molecular weight is 280 g/mol. The maximum Gasteiger partial charge on any atom is 0.255 e. The monoisotopic (exact) mass is 280 g/mol. The van der Waals surface area contributed by atoms with Crippen LogP contribution >= 0.6 is 0 Å². The van der Waals surface area contributed by atoms with Crippen LogP contribution in [0.15, 0.2) is 16.5 Å². The van der Waals surface area contributed by atoms with Crippen LogP contribution in [-0.4, -0.2) is 35.5 Å². The number of rotatable bonds is 4. The van der Waals surface area contributed by atoms with Gasteiger partial charge < -0.3 is 14.5 Å². The van der Waals surface area contributed by atoms with Crippen molar-refractivity contribution in [3.05, 3.63) is 23.7 Å². The molecule has 0 atom stereocenters. The van der Waals surface area contributed by atoms with E-state index in [2.05, 4.69) is 26.1 Å². The number of nitrogens with zero attached hydrogens (tertiary/aromatic N) is 1. The van der Waals surface area contributed by atoms with Gasteiger partial charge in [-0.2, -0.15) is 0 Å². The summed E-state index contributed by atoms with van der Waals surface area (Å²) in [5.74, 6) is 0.724. The third-order valence-electron chi connectivity index (χ3n) is 2.88. The summed E-state index contributed by atoms with van der Waals surface area (Å²) >= 11 is 0. The molecule has 0 radical (unpaired) electrons. The van der Waals surface area contributed by atoms with Crippen molar-refractivity contribution in [3.8, 4) is 0 Å². The minimum absolute atomic E-state index is 0.00307. The van der Waals surface area contributed by atoms with Crippen LogP contribution in [0.25, 0.3) is 0 Å². The summed E-state index contributed by atoms with van der Waals surface area (Å²) in [5.41, 5.74) is 0.00307. The van der Waals surface area contributed by atoms with Gasteiger partial charge in [0.2, 0.25) is 0 Å². The second-order valence-electron chi connectivity index (χ2n) is 5.84. The Labute approximate surface area is 118 Å². The van der Waals surface area contributed by atoms with Crippen molar-refractivity contribution in [1.82, 2.24) is 10.2 Å². The Morgan fingerprint density at radius 2 is 1.75 bits per heavy atom. The van der Waals surface area contributed by atoms with Crippen LogP contribution in [0.1, 0.15) is 32.3 Å². The van der Waals surface area contributed by atoms with Crippen molar-refractivity contribution in [2.24, 2.45) is 0 Å². The predicted molar refractivity (Wildman–Crippen MR) is 71.7 cm³/mol. The van der Waals surface area contributed by atoms with Crippen LogP contribution in [-0.2, 0) is 27.4 Å². The lowest BCUT2D eigenvalue weighted by Gasteiger charge is -2.23. The fourth-order valence-corrected chi connectivity index (χ4v) is 1.81.